The molecule has 12 nitrogen and oxygen atoms in total. The second-order valence-corrected chi connectivity index (χ2v) is 14.3. The van der Waals surface area contributed by atoms with Crippen molar-refractivity contribution in [3.63, 3.8) is 0 Å². The van der Waals surface area contributed by atoms with Crippen LogP contribution in [0.1, 0.15) is 63.8 Å². The number of hydrogen-bond donors (Lipinski definition) is 4. The minimum absolute atomic E-state index is 0.00225. The molecule has 0 spiro atoms. The maximum absolute atomic E-state index is 12.6. The molecule has 0 radical (unpaired) electrons. The van der Waals surface area contributed by atoms with Crippen molar-refractivity contribution in [2.24, 2.45) is 0 Å². The van der Waals surface area contributed by atoms with Gasteiger partial charge in [0, 0.05) is 75.2 Å². The van der Waals surface area contributed by atoms with E-state index in [1.54, 1.807) is 36.8 Å². The smallest absolute Gasteiger partial charge is 0.251 e. The Bertz CT molecular complexity index is 2050. The highest BCUT2D eigenvalue weighted by atomic mass is 35.5. The minimum Gasteiger partial charge on any atom is -0.384 e. The highest BCUT2D eigenvalue weighted by Crippen LogP contribution is 2.32. The summed E-state index contributed by atoms with van der Waals surface area (Å²) in [6, 6.07) is 19.3. The number of nitrogens with zero attached hydrogens (tertiary/aromatic N) is 2. The van der Waals surface area contributed by atoms with Crippen molar-refractivity contribution in [2.75, 3.05) is 52.7 Å². The van der Waals surface area contributed by atoms with Crippen LogP contribution in [0.3, 0.4) is 0 Å². The van der Waals surface area contributed by atoms with Gasteiger partial charge in [0.1, 0.15) is 6.10 Å². The summed E-state index contributed by atoms with van der Waals surface area (Å²) >= 11 is 12.6. The third-order valence-electron chi connectivity index (χ3n) is 9.36. The number of amides is 2. The zero-order valence-electron chi connectivity index (χ0n) is 31.4. The van der Waals surface area contributed by atoms with Crippen molar-refractivity contribution >= 4 is 52.0 Å². The number of nitrogens with one attached hydrogen (secondary N) is 4. The number of rotatable bonds is 22. The molecule has 6 rings (SSSR count). The van der Waals surface area contributed by atoms with Gasteiger partial charge in [-0.15, -0.1) is 0 Å². The highest BCUT2D eigenvalue weighted by molar-refractivity contribution is 6.35. The average molecular weight is 804 g/mol. The molecule has 4 N–H and O–H groups in total. The molecule has 2 amide bonds. The van der Waals surface area contributed by atoms with Crippen molar-refractivity contribution in [3.8, 4) is 0 Å². The number of hydrogen-bond acceptors (Lipinski definition) is 8. The molecule has 2 aromatic heterocycles. The second-order valence-electron chi connectivity index (χ2n) is 13.4. The first-order chi connectivity index (χ1) is 27.3. The van der Waals surface area contributed by atoms with Crippen LogP contribution in [-0.4, -0.2) is 79.1 Å². The summed E-state index contributed by atoms with van der Waals surface area (Å²) in [6.07, 6.45) is 10.1. The van der Waals surface area contributed by atoms with E-state index < -0.39 is 0 Å². The summed E-state index contributed by atoms with van der Waals surface area (Å²) in [6.45, 7) is 6.24. The predicted molar refractivity (Wildman–Crippen MR) is 218 cm³/mol. The van der Waals surface area contributed by atoms with Crippen LogP contribution >= 0.6 is 23.2 Å². The Morgan fingerprint density at radius 2 is 1.62 bits per heavy atom. The van der Waals surface area contributed by atoms with E-state index in [0.29, 0.717) is 94.3 Å². The summed E-state index contributed by atoms with van der Waals surface area (Å²) in [5, 5.41) is 11.4. The Kier molecular flexibility index (Phi) is 15.4. The van der Waals surface area contributed by atoms with Gasteiger partial charge in [-0.05, 0) is 67.1 Å². The molecule has 0 fully saturated rings. The fraction of sp³-hybridized carbons (Fsp3) is 0.357. The molecule has 296 valence electrons. The summed E-state index contributed by atoms with van der Waals surface area (Å²) in [5.41, 5.74) is 6.92. The van der Waals surface area contributed by atoms with Gasteiger partial charge < -0.3 is 44.4 Å². The fourth-order valence-corrected chi connectivity index (χ4v) is 6.96. The van der Waals surface area contributed by atoms with Gasteiger partial charge in [-0.25, -0.2) is 4.98 Å². The summed E-state index contributed by atoms with van der Waals surface area (Å²) in [5.74, 6) is -0.188. The van der Waals surface area contributed by atoms with E-state index in [-0.39, 0.29) is 24.0 Å². The van der Waals surface area contributed by atoms with E-state index in [1.807, 2.05) is 35.2 Å². The maximum Gasteiger partial charge on any atom is 0.251 e. The molecule has 1 aliphatic rings. The Balaban J connectivity index is 0.765. The van der Waals surface area contributed by atoms with Crippen LogP contribution in [0, 0.1) is 0 Å². The van der Waals surface area contributed by atoms with Crippen LogP contribution in [0.5, 0.6) is 0 Å². The zero-order chi connectivity index (χ0) is 39.1. The molecular formula is C42H48Cl2N6O6. The molecule has 3 aromatic carbocycles. The van der Waals surface area contributed by atoms with Gasteiger partial charge in [0.25, 0.3) is 5.91 Å². The van der Waals surface area contributed by atoms with Crippen molar-refractivity contribution in [2.45, 2.75) is 45.1 Å². The number of halogens is 2. The molecule has 14 heteroatoms. The summed E-state index contributed by atoms with van der Waals surface area (Å²) < 4.78 is 24.9. The first-order valence-electron chi connectivity index (χ1n) is 18.8. The summed E-state index contributed by atoms with van der Waals surface area (Å²) in [4.78, 5) is 32.6. The summed E-state index contributed by atoms with van der Waals surface area (Å²) in [7, 11) is 0. The van der Waals surface area contributed by atoms with E-state index in [9.17, 15) is 9.59 Å². The quantitative estimate of drug-likeness (QED) is 0.0561. The molecule has 0 saturated heterocycles. The lowest BCUT2D eigenvalue weighted by Crippen LogP contribution is -2.28. The number of H-pyrrole nitrogens is 1. The van der Waals surface area contributed by atoms with E-state index in [0.717, 1.165) is 27.9 Å². The second kappa shape index (κ2) is 21.0. The SMILES string of the molecule is CC1NC=Cc2[nH]c3cc(CCC(=O)NCCOCCOCCOCCNC(=O)c4ccc(COC(Cn5ccnc5)c5ccc(Cl)cc5Cl)cc4)ccc3c21. The predicted octanol–water partition coefficient (Wildman–Crippen LogP) is 6.79. The Labute approximate surface area is 336 Å². The number of aryl methyl sites for hydroxylation is 1. The lowest BCUT2D eigenvalue weighted by atomic mass is 10.00. The van der Waals surface area contributed by atoms with Crippen LogP contribution in [-0.2, 0) is 43.3 Å². The van der Waals surface area contributed by atoms with Crippen molar-refractivity contribution in [1.29, 1.82) is 0 Å². The average Bonchev–Trinajstić information content (AvgIpc) is 3.86. The lowest BCUT2D eigenvalue weighted by Gasteiger charge is -2.20. The van der Waals surface area contributed by atoms with E-state index >= 15 is 0 Å². The number of carbonyl (C=O) groups is 2. The zero-order valence-corrected chi connectivity index (χ0v) is 32.9. The molecule has 0 saturated carbocycles. The number of aromatic nitrogens is 3. The van der Waals surface area contributed by atoms with Gasteiger partial charge in [-0.3, -0.25) is 9.59 Å². The van der Waals surface area contributed by atoms with Crippen molar-refractivity contribution in [1.82, 2.24) is 30.5 Å². The Morgan fingerprint density at radius 1 is 0.893 bits per heavy atom. The Morgan fingerprint density at radius 3 is 2.36 bits per heavy atom. The fourth-order valence-electron chi connectivity index (χ4n) is 6.43. The molecule has 2 atom stereocenters. The minimum atomic E-state index is -0.332. The van der Waals surface area contributed by atoms with E-state index in [1.165, 1.54) is 10.9 Å². The van der Waals surface area contributed by atoms with Gasteiger partial charge in [0.15, 0.2) is 0 Å². The normalized spacial score (nSPS) is 14.0. The maximum atomic E-state index is 12.6. The molecule has 5 aromatic rings. The van der Waals surface area contributed by atoms with Crippen LogP contribution in [0.4, 0.5) is 0 Å². The van der Waals surface area contributed by atoms with E-state index in [4.69, 9.17) is 42.1 Å². The van der Waals surface area contributed by atoms with Crippen LogP contribution in [0.15, 0.2) is 85.6 Å². The van der Waals surface area contributed by atoms with Crippen LogP contribution < -0.4 is 16.0 Å². The molecule has 3 heterocycles. The third-order valence-corrected chi connectivity index (χ3v) is 9.92. The van der Waals surface area contributed by atoms with Gasteiger partial charge >= 0.3 is 0 Å². The van der Waals surface area contributed by atoms with Gasteiger partial charge in [0.05, 0.1) is 65.2 Å². The number of benzene rings is 3. The molecule has 56 heavy (non-hydrogen) atoms. The van der Waals surface area contributed by atoms with Gasteiger partial charge in [-0.1, -0.05) is 53.5 Å². The monoisotopic (exact) mass is 802 g/mol. The number of carbonyl (C=O) groups excluding carboxylic acids is 2. The van der Waals surface area contributed by atoms with Crippen molar-refractivity contribution < 1.29 is 28.5 Å². The number of ether oxygens (including phenoxy) is 4. The molecular weight excluding hydrogens is 755 g/mol. The third kappa shape index (κ3) is 11.9. The van der Waals surface area contributed by atoms with E-state index in [2.05, 4.69) is 57.1 Å². The topological polar surface area (TPSA) is 141 Å². The number of fused-ring (bicyclic) bond motifs is 3. The van der Waals surface area contributed by atoms with Gasteiger partial charge in [0.2, 0.25) is 5.91 Å². The molecule has 2 unspecified atom stereocenters. The lowest BCUT2D eigenvalue weighted by molar-refractivity contribution is -0.121. The first-order valence-corrected chi connectivity index (χ1v) is 19.6. The molecule has 0 bridgehead atoms. The number of imidazole rings is 1. The molecule has 0 aliphatic carbocycles. The standard InChI is InChI=1S/C42H48Cl2N6O6/c1-29-41-35-9-4-30(24-38(35)49-37(41)12-13-46-29)5-11-40(51)47-15-18-53-20-22-55-23-21-54-19-16-48-42(52)32-6-2-31(3-7-32)27-56-39(26-50-17-14-45-28-50)34-10-8-33(43)25-36(34)44/h2-4,6-10,12-14,17,24-25,28-29,39,46,49H,5,11,15-16,18-23,26-27H2,1H3,(H,47,51)(H,48,52). The van der Waals surface area contributed by atoms with Crippen LogP contribution in [0.25, 0.3) is 17.0 Å². The first kappa shape index (κ1) is 41.0. The van der Waals surface area contributed by atoms with Crippen molar-refractivity contribution in [3.05, 3.63) is 129 Å². The van der Waals surface area contributed by atoms with Gasteiger partial charge in [-0.2, -0.15) is 0 Å². The largest absolute Gasteiger partial charge is 0.384 e. The molecule has 1 aliphatic heterocycles. The Hall–Kier alpha value is -4.69. The highest BCUT2D eigenvalue weighted by Gasteiger charge is 2.19. The van der Waals surface area contributed by atoms with Crippen LogP contribution in [0.2, 0.25) is 10.0 Å². The number of aromatic amines is 1.